The van der Waals surface area contributed by atoms with Gasteiger partial charge in [0.15, 0.2) is 0 Å². The molecular formula is C28H25NO6. The highest BCUT2D eigenvalue weighted by Crippen LogP contribution is 2.30. The van der Waals surface area contributed by atoms with Crippen molar-refractivity contribution in [2.45, 2.75) is 26.9 Å². The summed E-state index contributed by atoms with van der Waals surface area (Å²) in [4.78, 5) is 36.9. The number of aryl methyl sites for hydroxylation is 2. The van der Waals surface area contributed by atoms with Gasteiger partial charge < -0.3 is 19.2 Å². The predicted molar refractivity (Wildman–Crippen MR) is 131 cm³/mol. The number of hydrogen-bond acceptors (Lipinski definition) is 6. The minimum atomic E-state index is -0.728. The monoisotopic (exact) mass is 471 g/mol. The summed E-state index contributed by atoms with van der Waals surface area (Å²) in [5, 5.41) is 3.14. The summed E-state index contributed by atoms with van der Waals surface area (Å²) in [6.07, 6.45) is -0.263. The van der Waals surface area contributed by atoms with E-state index in [1.165, 1.54) is 0 Å². The van der Waals surface area contributed by atoms with E-state index in [0.29, 0.717) is 23.1 Å². The molecule has 4 rings (SSSR count). The van der Waals surface area contributed by atoms with Gasteiger partial charge in [0, 0.05) is 22.9 Å². The van der Waals surface area contributed by atoms with Crippen molar-refractivity contribution in [1.82, 2.24) is 5.32 Å². The third-order valence-electron chi connectivity index (χ3n) is 5.69. The molecule has 0 aliphatic carbocycles. The molecule has 0 bridgehead atoms. The fraction of sp³-hybridized carbons (Fsp3) is 0.179. The summed E-state index contributed by atoms with van der Waals surface area (Å²) in [6.45, 7) is 3.32. The Morgan fingerprint density at radius 3 is 2.20 bits per heavy atom. The van der Waals surface area contributed by atoms with Gasteiger partial charge in [-0.2, -0.15) is 0 Å². The van der Waals surface area contributed by atoms with Crippen molar-refractivity contribution < 1.29 is 23.5 Å². The van der Waals surface area contributed by atoms with Crippen LogP contribution in [0.25, 0.3) is 11.0 Å². The van der Waals surface area contributed by atoms with Gasteiger partial charge >= 0.3 is 17.7 Å². The lowest BCUT2D eigenvalue weighted by Crippen LogP contribution is -2.32. The predicted octanol–water partition coefficient (Wildman–Crippen LogP) is 4.83. The Kier molecular flexibility index (Phi) is 7.26. The highest BCUT2D eigenvalue weighted by atomic mass is 16.6. The van der Waals surface area contributed by atoms with Crippen molar-refractivity contribution in [1.29, 1.82) is 0 Å². The van der Waals surface area contributed by atoms with Gasteiger partial charge in [-0.25, -0.2) is 14.4 Å². The molecule has 1 N–H and O–H groups in total. The molecule has 35 heavy (non-hydrogen) atoms. The number of esters is 1. The van der Waals surface area contributed by atoms with E-state index in [2.05, 4.69) is 5.32 Å². The largest absolute Gasteiger partial charge is 0.445 e. The Morgan fingerprint density at radius 1 is 0.857 bits per heavy atom. The maximum Gasteiger partial charge on any atom is 0.407 e. The number of alkyl carbamates (subject to hydrolysis) is 1. The number of carbonyl (C=O) groups excluding carboxylic acids is 2. The van der Waals surface area contributed by atoms with E-state index in [1.54, 1.807) is 19.1 Å². The molecule has 0 aliphatic rings. The van der Waals surface area contributed by atoms with Crippen LogP contribution < -0.4 is 15.7 Å². The maximum absolute atomic E-state index is 12.7. The van der Waals surface area contributed by atoms with Gasteiger partial charge in [-0.3, -0.25) is 0 Å². The SMILES string of the molecule is Cc1c(Cc2ccccc2)c(=O)oc2c(C)c(OC(=O)CNC(=O)OCc3ccccc3)ccc12. The Hall–Kier alpha value is -4.39. The lowest BCUT2D eigenvalue weighted by atomic mass is 9.98. The highest BCUT2D eigenvalue weighted by molar-refractivity contribution is 5.87. The Labute approximate surface area is 202 Å². The molecule has 0 atom stereocenters. The summed E-state index contributed by atoms with van der Waals surface area (Å²) < 4.78 is 16.1. The first-order valence-electron chi connectivity index (χ1n) is 11.2. The summed E-state index contributed by atoms with van der Waals surface area (Å²) in [7, 11) is 0. The van der Waals surface area contributed by atoms with Crippen molar-refractivity contribution in [3.63, 3.8) is 0 Å². The highest BCUT2D eigenvalue weighted by Gasteiger charge is 2.17. The molecule has 1 heterocycles. The summed E-state index contributed by atoms with van der Waals surface area (Å²) in [5.74, 6) is -0.427. The smallest absolute Gasteiger partial charge is 0.407 e. The molecule has 1 amide bonds. The minimum Gasteiger partial charge on any atom is -0.445 e. The summed E-state index contributed by atoms with van der Waals surface area (Å²) >= 11 is 0. The lowest BCUT2D eigenvalue weighted by molar-refractivity contribution is -0.133. The van der Waals surface area contributed by atoms with Crippen LogP contribution in [-0.2, 0) is 22.6 Å². The third kappa shape index (κ3) is 5.76. The number of benzene rings is 3. The van der Waals surface area contributed by atoms with Crippen LogP contribution in [0.5, 0.6) is 5.75 Å². The number of rotatable bonds is 7. The molecule has 1 aromatic heterocycles. The van der Waals surface area contributed by atoms with Gasteiger partial charge in [0.25, 0.3) is 0 Å². The second-order valence-corrected chi connectivity index (χ2v) is 8.11. The van der Waals surface area contributed by atoms with Crippen molar-refractivity contribution >= 4 is 23.0 Å². The Balaban J connectivity index is 1.42. The van der Waals surface area contributed by atoms with Crippen LogP contribution in [0.15, 0.2) is 82.0 Å². The van der Waals surface area contributed by atoms with Crippen molar-refractivity contribution in [2.75, 3.05) is 6.54 Å². The second-order valence-electron chi connectivity index (χ2n) is 8.11. The van der Waals surface area contributed by atoms with E-state index < -0.39 is 17.7 Å². The second kappa shape index (κ2) is 10.7. The van der Waals surface area contributed by atoms with Gasteiger partial charge in [-0.15, -0.1) is 0 Å². The molecular weight excluding hydrogens is 446 g/mol. The fourth-order valence-electron chi connectivity index (χ4n) is 3.76. The Bertz CT molecular complexity index is 1410. The zero-order chi connectivity index (χ0) is 24.8. The van der Waals surface area contributed by atoms with Crippen LogP contribution in [-0.4, -0.2) is 18.6 Å². The van der Waals surface area contributed by atoms with Gasteiger partial charge in [0.1, 0.15) is 24.5 Å². The molecule has 0 saturated carbocycles. The first kappa shape index (κ1) is 23.8. The average Bonchev–Trinajstić information content (AvgIpc) is 2.87. The van der Waals surface area contributed by atoms with Crippen molar-refractivity contribution in [3.05, 3.63) is 111 Å². The number of hydrogen-bond donors (Lipinski definition) is 1. The molecule has 0 fully saturated rings. The molecule has 0 saturated heterocycles. The van der Waals surface area contributed by atoms with Gasteiger partial charge in [-0.05, 0) is 42.7 Å². The van der Waals surface area contributed by atoms with Gasteiger partial charge in [0.2, 0.25) is 0 Å². The lowest BCUT2D eigenvalue weighted by Gasteiger charge is -2.13. The average molecular weight is 472 g/mol. The number of nitrogens with one attached hydrogen (secondary N) is 1. The number of amides is 1. The standard InChI is InChI=1S/C28H25NO6/c1-18-22-13-14-24(34-25(30)16-29-28(32)33-17-21-11-7-4-8-12-21)19(2)26(22)35-27(31)23(18)15-20-9-5-3-6-10-20/h3-14H,15-17H2,1-2H3,(H,29,32). The summed E-state index contributed by atoms with van der Waals surface area (Å²) in [6, 6.07) is 22.3. The van der Waals surface area contributed by atoms with Crippen LogP contribution in [0.1, 0.15) is 27.8 Å². The molecule has 0 spiro atoms. The van der Waals surface area contributed by atoms with Crippen LogP contribution in [0.2, 0.25) is 0 Å². The molecule has 7 nitrogen and oxygen atoms in total. The van der Waals surface area contributed by atoms with E-state index in [4.69, 9.17) is 13.9 Å². The van der Waals surface area contributed by atoms with Gasteiger partial charge in [-0.1, -0.05) is 60.7 Å². The third-order valence-corrected chi connectivity index (χ3v) is 5.69. The quantitative estimate of drug-likeness (QED) is 0.236. The van der Waals surface area contributed by atoms with Crippen molar-refractivity contribution in [2.24, 2.45) is 0 Å². The van der Waals surface area contributed by atoms with Crippen LogP contribution in [0.4, 0.5) is 4.79 Å². The molecule has 4 aromatic rings. The minimum absolute atomic E-state index is 0.0934. The van der Waals surface area contributed by atoms with Gasteiger partial charge in [0.05, 0.1) is 0 Å². The Morgan fingerprint density at radius 2 is 1.51 bits per heavy atom. The van der Waals surface area contributed by atoms with Crippen molar-refractivity contribution in [3.8, 4) is 5.75 Å². The fourth-order valence-corrected chi connectivity index (χ4v) is 3.76. The number of ether oxygens (including phenoxy) is 2. The zero-order valence-corrected chi connectivity index (χ0v) is 19.5. The van der Waals surface area contributed by atoms with E-state index >= 15 is 0 Å². The van der Waals surface area contributed by atoms with E-state index in [0.717, 1.165) is 22.1 Å². The molecule has 0 unspecified atom stereocenters. The van der Waals surface area contributed by atoms with E-state index in [-0.39, 0.29) is 18.9 Å². The maximum atomic E-state index is 12.7. The van der Waals surface area contributed by atoms with Crippen LogP contribution in [0.3, 0.4) is 0 Å². The summed E-state index contributed by atoms with van der Waals surface area (Å²) in [5.41, 5.74) is 3.72. The van der Waals surface area contributed by atoms with Crippen LogP contribution >= 0.6 is 0 Å². The molecule has 3 aromatic carbocycles. The normalized spacial score (nSPS) is 10.7. The first-order valence-corrected chi connectivity index (χ1v) is 11.2. The van der Waals surface area contributed by atoms with Crippen LogP contribution in [0, 0.1) is 13.8 Å². The molecule has 0 radical (unpaired) electrons. The number of fused-ring (bicyclic) bond motifs is 1. The molecule has 7 heteroatoms. The molecule has 0 aliphatic heterocycles. The topological polar surface area (TPSA) is 94.8 Å². The first-order chi connectivity index (χ1) is 16.9. The van der Waals surface area contributed by atoms with E-state index in [9.17, 15) is 14.4 Å². The zero-order valence-electron chi connectivity index (χ0n) is 19.5. The molecule has 178 valence electrons. The number of carbonyl (C=O) groups is 2. The van der Waals surface area contributed by atoms with E-state index in [1.807, 2.05) is 67.6 Å².